The molecular formula is C24H27F3N6O2. The molecule has 3 aromatic rings. The summed E-state index contributed by atoms with van der Waals surface area (Å²) in [5.74, 6) is 0.876. The number of ether oxygens (including phenoxy) is 1. The number of rotatable bonds is 7. The molecule has 8 nitrogen and oxygen atoms in total. The normalized spacial score (nSPS) is 14.1. The number of benzene rings is 1. The molecule has 1 N–H and O–H groups in total. The third-order valence-corrected chi connectivity index (χ3v) is 5.95. The van der Waals surface area contributed by atoms with Gasteiger partial charge in [0.2, 0.25) is 5.91 Å². The second kappa shape index (κ2) is 10.3. The molecule has 0 aliphatic carbocycles. The number of alkyl halides is 3. The van der Waals surface area contributed by atoms with Crippen LogP contribution in [0, 0.1) is 13.8 Å². The highest BCUT2D eigenvalue weighted by molar-refractivity contribution is 5.90. The molecule has 2 aromatic heterocycles. The maximum atomic E-state index is 12.4. The Hall–Kier alpha value is -3.63. The highest BCUT2D eigenvalue weighted by Gasteiger charge is 2.31. The Morgan fingerprint density at radius 2 is 1.66 bits per heavy atom. The zero-order valence-electron chi connectivity index (χ0n) is 19.6. The van der Waals surface area contributed by atoms with Crippen LogP contribution in [0.4, 0.5) is 24.7 Å². The molecule has 186 valence electrons. The van der Waals surface area contributed by atoms with Crippen LogP contribution < -0.4 is 15.0 Å². The van der Waals surface area contributed by atoms with Gasteiger partial charge >= 0.3 is 6.36 Å². The van der Waals surface area contributed by atoms with Crippen molar-refractivity contribution in [3.8, 4) is 11.6 Å². The highest BCUT2D eigenvalue weighted by Crippen LogP contribution is 2.25. The van der Waals surface area contributed by atoms with Gasteiger partial charge in [0.25, 0.3) is 0 Å². The Bertz CT molecular complexity index is 1150. The summed E-state index contributed by atoms with van der Waals surface area (Å²) < 4.78 is 42.4. The number of amides is 1. The molecule has 4 rings (SSSR count). The predicted molar refractivity (Wildman–Crippen MR) is 125 cm³/mol. The Morgan fingerprint density at radius 1 is 1.00 bits per heavy atom. The first-order valence-electron chi connectivity index (χ1n) is 11.5. The van der Waals surface area contributed by atoms with Gasteiger partial charge < -0.3 is 15.0 Å². The smallest absolute Gasteiger partial charge is 0.406 e. The van der Waals surface area contributed by atoms with E-state index in [2.05, 4.69) is 30.2 Å². The maximum Gasteiger partial charge on any atom is 0.573 e. The Morgan fingerprint density at radius 3 is 2.29 bits per heavy atom. The molecule has 1 amide bonds. The minimum Gasteiger partial charge on any atom is -0.406 e. The summed E-state index contributed by atoms with van der Waals surface area (Å²) in [6.45, 7) is 5.79. The average molecular weight is 489 g/mol. The van der Waals surface area contributed by atoms with Gasteiger partial charge in [-0.05, 0) is 81.5 Å². The lowest BCUT2D eigenvalue weighted by Crippen LogP contribution is -2.30. The van der Waals surface area contributed by atoms with E-state index in [-0.39, 0.29) is 18.1 Å². The summed E-state index contributed by atoms with van der Waals surface area (Å²) in [6, 6.07) is 8.89. The second-order valence-corrected chi connectivity index (χ2v) is 8.48. The van der Waals surface area contributed by atoms with Crippen molar-refractivity contribution in [3.63, 3.8) is 0 Å². The van der Waals surface area contributed by atoms with Crippen LogP contribution in [0.2, 0.25) is 0 Å². The van der Waals surface area contributed by atoms with E-state index in [0.717, 1.165) is 60.8 Å². The van der Waals surface area contributed by atoms with Crippen molar-refractivity contribution < 1.29 is 22.7 Å². The number of nitrogens with zero attached hydrogens (tertiary/aromatic N) is 5. The molecule has 0 bridgehead atoms. The van der Waals surface area contributed by atoms with Gasteiger partial charge in [-0.25, -0.2) is 4.68 Å². The van der Waals surface area contributed by atoms with Crippen molar-refractivity contribution in [2.75, 3.05) is 23.3 Å². The molecule has 0 saturated carbocycles. The molecule has 1 fully saturated rings. The van der Waals surface area contributed by atoms with Gasteiger partial charge in [-0.1, -0.05) is 0 Å². The number of piperidine rings is 1. The first-order chi connectivity index (χ1) is 16.7. The second-order valence-electron chi connectivity index (χ2n) is 8.48. The summed E-state index contributed by atoms with van der Waals surface area (Å²) in [4.78, 5) is 14.6. The molecule has 1 saturated heterocycles. The monoisotopic (exact) mass is 488 g/mol. The molecule has 1 aliphatic rings. The van der Waals surface area contributed by atoms with Crippen molar-refractivity contribution in [3.05, 3.63) is 53.3 Å². The molecule has 0 radical (unpaired) electrons. The van der Waals surface area contributed by atoms with Crippen LogP contribution in [0.15, 0.2) is 36.4 Å². The van der Waals surface area contributed by atoms with Crippen molar-refractivity contribution in [2.24, 2.45) is 0 Å². The van der Waals surface area contributed by atoms with Crippen LogP contribution >= 0.6 is 0 Å². The van der Waals surface area contributed by atoms with Gasteiger partial charge in [0.15, 0.2) is 11.6 Å². The molecule has 11 heteroatoms. The Kier molecular flexibility index (Phi) is 7.23. The number of aromatic nitrogens is 4. The zero-order valence-corrected chi connectivity index (χ0v) is 19.6. The van der Waals surface area contributed by atoms with Gasteiger partial charge in [-0.3, -0.25) is 4.79 Å². The lowest BCUT2D eigenvalue weighted by Gasteiger charge is -2.27. The lowest BCUT2D eigenvalue weighted by molar-refractivity contribution is -0.274. The molecule has 3 heterocycles. The fraction of sp³-hybridized carbons (Fsp3) is 0.417. The van der Waals surface area contributed by atoms with Gasteiger partial charge in [0, 0.05) is 30.9 Å². The SMILES string of the molecule is Cc1nn(-c2ccc(N3CCCCC3)nn2)c(C)c1CCC(=O)Nc1ccc(OC(F)(F)F)cc1. The molecule has 1 aliphatic heterocycles. The van der Waals surface area contributed by atoms with Gasteiger partial charge in [-0.15, -0.1) is 23.4 Å². The Balaban J connectivity index is 1.36. The van der Waals surface area contributed by atoms with E-state index in [0.29, 0.717) is 17.9 Å². The topological polar surface area (TPSA) is 85.2 Å². The van der Waals surface area contributed by atoms with E-state index in [1.165, 1.54) is 18.6 Å². The van der Waals surface area contributed by atoms with Crippen LogP contribution in [0.3, 0.4) is 0 Å². The van der Waals surface area contributed by atoms with E-state index in [9.17, 15) is 18.0 Å². The van der Waals surface area contributed by atoms with E-state index < -0.39 is 6.36 Å². The van der Waals surface area contributed by atoms with Crippen LogP contribution in [0.5, 0.6) is 5.75 Å². The minimum atomic E-state index is -4.76. The number of nitrogens with one attached hydrogen (secondary N) is 1. The molecule has 0 spiro atoms. The van der Waals surface area contributed by atoms with Crippen LogP contribution in [0.1, 0.15) is 42.6 Å². The fourth-order valence-corrected chi connectivity index (χ4v) is 4.18. The Labute approximate surface area is 201 Å². The number of anilines is 2. The fourth-order valence-electron chi connectivity index (χ4n) is 4.18. The largest absolute Gasteiger partial charge is 0.573 e. The van der Waals surface area contributed by atoms with E-state index in [1.807, 2.05) is 26.0 Å². The maximum absolute atomic E-state index is 12.4. The number of halogens is 3. The third kappa shape index (κ3) is 6.28. The predicted octanol–water partition coefficient (Wildman–Crippen LogP) is 4.74. The quantitative estimate of drug-likeness (QED) is 0.517. The van der Waals surface area contributed by atoms with Gasteiger partial charge in [0.1, 0.15) is 5.75 Å². The van der Waals surface area contributed by atoms with E-state index in [1.54, 1.807) is 4.68 Å². The lowest BCUT2D eigenvalue weighted by atomic mass is 10.1. The third-order valence-electron chi connectivity index (χ3n) is 5.95. The number of carbonyl (C=O) groups excluding carboxylic acids is 1. The van der Waals surface area contributed by atoms with Crippen LogP contribution in [-0.2, 0) is 11.2 Å². The number of carbonyl (C=O) groups is 1. The van der Waals surface area contributed by atoms with Crippen LogP contribution in [0.25, 0.3) is 5.82 Å². The van der Waals surface area contributed by atoms with Gasteiger partial charge in [-0.2, -0.15) is 5.10 Å². The average Bonchev–Trinajstić information content (AvgIpc) is 3.12. The van der Waals surface area contributed by atoms with Crippen molar-refractivity contribution in [1.82, 2.24) is 20.0 Å². The standard InChI is InChI=1S/C24H27F3N6O2/c1-16-20(10-13-23(34)28-18-6-8-19(9-7-18)35-24(25,26)27)17(2)33(31-16)22-12-11-21(29-30-22)32-14-4-3-5-15-32/h6-9,11-12H,3-5,10,13-15H2,1-2H3,(H,28,34). The number of hydrogen-bond donors (Lipinski definition) is 1. The van der Waals surface area contributed by atoms with Crippen molar-refractivity contribution in [2.45, 2.75) is 52.3 Å². The zero-order chi connectivity index (χ0) is 25.0. The van der Waals surface area contributed by atoms with Gasteiger partial charge in [0.05, 0.1) is 5.69 Å². The molecular weight excluding hydrogens is 461 g/mol. The summed E-state index contributed by atoms with van der Waals surface area (Å²) in [7, 11) is 0. The van der Waals surface area contributed by atoms with E-state index >= 15 is 0 Å². The highest BCUT2D eigenvalue weighted by atomic mass is 19.4. The van der Waals surface area contributed by atoms with Crippen molar-refractivity contribution in [1.29, 1.82) is 0 Å². The first-order valence-corrected chi connectivity index (χ1v) is 11.5. The minimum absolute atomic E-state index is 0.188. The summed E-state index contributed by atoms with van der Waals surface area (Å²) in [6.07, 6.45) is -0.541. The molecule has 1 aromatic carbocycles. The van der Waals surface area contributed by atoms with Crippen LogP contribution in [-0.4, -0.2) is 45.3 Å². The number of hydrogen-bond acceptors (Lipinski definition) is 6. The molecule has 0 atom stereocenters. The number of aryl methyl sites for hydroxylation is 1. The summed E-state index contributed by atoms with van der Waals surface area (Å²) >= 11 is 0. The first kappa shape index (κ1) is 24.5. The molecule has 0 unspecified atom stereocenters. The molecule has 35 heavy (non-hydrogen) atoms. The van der Waals surface area contributed by atoms with Crippen molar-refractivity contribution >= 4 is 17.4 Å². The summed E-state index contributed by atoms with van der Waals surface area (Å²) in [5.41, 5.74) is 3.00. The van der Waals surface area contributed by atoms with E-state index in [4.69, 9.17) is 0 Å². The summed E-state index contributed by atoms with van der Waals surface area (Å²) in [5, 5.41) is 16.0.